The second-order valence-corrected chi connectivity index (χ2v) is 5.79. The fourth-order valence-electron chi connectivity index (χ4n) is 2.84. The summed E-state index contributed by atoms with van der Waals surface area (Å²) in [5, 5.41) is 7.39. The van der Waals surface area contributed by atoms with E-state index in [1.165, 1.54) is 19.2 Å². The predicted molar refractivity (Wildman–Crippen MR) is 98.6 cm³/mol. The van der Waals surface area contributed by atoms with Gasteiger partial charge in [0.05, 0.1) is 18.5 Å². The van der Waals surface area contributed by atoms with Crippen molar-refractivity contribution in [3.63, 3.8) is 0 Å². The van der Waals surface area contributed by atoms with E-state index in [0.29, 0.717) is 5.82 Å². The van der Waals surface area contributed by atoms with Crippen LogP contribution in [0.1, 0.15) is 28.5 Å². The Bertz CT molecular complexity index is 936. The van der Waals surface area contributed by atoms with Crippen LogP contribution in [0.4, 0.5) is 10.2 Å². The molecular weight excluding hydrogens is 333 g/mol. The van der Waals surface area contributed by atoms with Crippen LogP contribution in [0.25, 0.3) is 5.69 Å². The normalized spacial score (nSPS) is 10.6. The number of carbonyl (C=O) groups excluding carboxylic acids is 1. The number of hydrogen-bond donors (Lipinski definition) is 1. The number of amides is 1. The van der Waals surface area contributed by atoms with Crippen LogP contribution in [0.3, 0.4) is 0 Å². The molecule has 0 radical (unpaired) electrons. The third-order valence-corrected chi connectivity index (χ3v) is 4.21. The third-order valence-electron chi connectivity index (χ3n) is 4.21. The molecule has 0 atom stereocenters. The fourth-order valence-corrected chi connectivity index (χ4v) is 2.84. The highest BCUT2D eigenvalue weighted by molar-refractivity contribution is 6.06. The molecule has 1 N–H and O–H groups in total. The van der Waals surface area contributed by atoms with Gasteiger partial charge in [0.2, 0.25) is 0 Å². The molecule has 5 nitrogen and oxygen atoms in total. The molecule has 3 rings (SSSR count). The first kappa shape index (κ1) is 17.7. The van der Waals surface area contributed by atoms with Gasteiger partial charge in [-0.15, -0.1) is 0 Å². The Balaban J connectivity index is 2.05. The lowest BCUT2D eigenvalue weighted by Gasteiger charge is -2.12. The maximum Gasteiger partial charge on any atom is 0.263 e. The lowest BCUT2D eigenvalue weighted by Crippen LogP contribution is -2.18. The number of methoxy groups -OCH3 is 1. The first-order chi connectivity index (χ1) is 12.6. The second kappa shape index (κ2) is 7.39. The van der Waals surface area contributed by atoms with Crippen LogP contribution in [0.15, 0.2) is 48.5 Å². The van der Waals surface area contributed by atoms with Gasteiger partial charge >= 0.3 is 0 Å². The van der Waals surface area contributed by atoms with E-state index in [0.717, 1.165) is 23.4 Å². The molecule has 0 aliphatic carbocycles. The molecule has 1 amide bonds. The van der Waals surface area contributed by atoms with Gasteiger partial charge in [0.25, 0.3) is 5.91 Å². The van der Waals surface area contributed by atoms with E-state index in [1.807, 2.05) is 44.2 Å². The minimum Gasteiger partial charge on any atom is -0.496 e. The largest absolute Gasteiger partial charge is 0.496 e. The topological polar surface area (TPSA) is 56.2 Å². The number of ether oxygens (including phenoxy) is 1. The summed E-state index contributed by atoms with van der Waals surface area (Å²) in [5.74, 6) is -0.520. The summed E-state index contributed by atoms with van der Waals surface area (Å²) in [6, 6.07) is 13.8. The zero-order valence-electron chi connectivity index (χ0n) is 14.9. The van der Waals surface area contributed by atoms with Crippen molar-refractivity contribution in [2.45, 2.75) is 20.3 Å². The number of aromatic nitrogens is 2. The number of hydrogen-bond acceptors (Lipinski definition) is 3. The van der Waals surface area contributed by atoms with Gasteiger partial charge in [-0.1, -0.05) is 31.2 Å². The van der Waals surface area contributed by atoms with Crippen molar-refractivity contribution in [2.75, 3.05) is 12.4 Å². The Labute approximate surface area is 151 Å². The van der Waals surface area contributed by atoms with Gasteiger partial charge < -0.3 is 10.1 Å². The number of para-hydroxylation sites is 1. The van der Waals surface area contributed by atoms with Crippen molar-refractivity contribution >= 4 is 11.7 Å². The Hall–Kier alpha value is -3.15. The van der Waals surface area contributed by atoms with Crippen molar-refractivity contribution in [1.82, 2.24) is 9.78 Å². The molecule has 26 heavy (non-hydrogen) atoms. The monoisotopic (exact) mass is 353 g/mol. The highest BCUT2D eigenvalue weighted by Crippen LogP contribution is 2.27. The highest BCUT2D eigenvalue weighted by atomic mass is 19.1. The minimum atomic E-state index is -0.638. The molecule has 0 saturated heterocycles. The summed E-state index contributed by atoms with van der Waals surface area (Å²) >= 11 is 0. The molecule has 2 aromatic carbocycles. The van der Waals surface area contributed by atoms with E-state index in [9.17, 15) is 9.18 Å². The SMILES string of the molecule is CCc1nn(-c2ccccc2)c(NC(=O)c2c(F)cccc2OC)c1C. The molecule has 0 bridgehead atoms. The van der Waals surface area contributed by atoms with E-state index < -0.39 is 11.7 Å². The molecule has 1 heterocycles. The van der Waals surface area contributed by atoms with Crippen LogP contribution >= 0.6 is 0 Å². The average molecular weight is 353 g/mol. The fraction of sp³-hybridized carbons (Fsp3) is 0.200. The minimum absolute atomic E-state index is 0.131. The average Bonchev–Trinajstić information content (AvgIpc) is 2.97. The van der Waals surface area contributed by atoms with E-state index in [-0.39, 0.29) is 11.3 Å². The van der Waals surface area contributed by atoms with E-state index in [1.54, 1.807) is 10.7 Å². The summed E-state index contributed by atoms with van der Waals surface area (Å²) in [4.78, 5) is 12.8. The maximum atomic E-state index is 14.2. The van der Waals surface area contributed by atoms with Gasteiger partial charge in [-0.05, 0) is 37.6 Å². The molecule has 0 unspecified atom stereocenters. The first-order valence-electron chi connectivity index (χ1n) is 8.34. The summed E-state index contributed by atoms with van der Waals surface area (Å²) in [6.07, 6.45) is 0.720. The number of rotatable bonds is 5. The summed E-state index contributed by atoms with van der Waals surface area (Å²) < 4.78 is 21.0. The second-order valence-electron chi connectivity index (χ2n) is 5.79. The number of carbonyl (C=O) groups is 1. The van der Waals surface area contributed by atoms with Gasteiger partial charge in [-0.3, -0.25) is 4.79 Å². The lowest BCUT2D eigenvalue weighted by molar-refractivity contribution is 0.101. The lowest BCUT2D eigenvalue weighted by atomic mass is 10.1. The summed E-state index contributed by atoms with van der Waals surface area (Å²) in [7, 11) is 1.40. The zero-order valence-corrected chi connectivity index (χ0v) is 14.9. The van der Waals surface area contributed by atoms with Crippen LogP contribution < -0.4 is 10.1 Å². The number of aryl methyl sites for hydroxylation is 1. The third kappa shape index (κ3) is 3.18. The number of anilines is 1. The Morgan fingerprint density at radius 2 is 1.92 bits per heavy atom. The Morgan fingerprint density at radius 3 is 2.58 bits per heavy atom. The smallest absolute Gasteiger partial charge is 0.263 e. The van der Waals surface area contributed by atoms with Crippen LogP contribution in [-0.4, -0.2) is 22.8 Å². The molecular formula is C20H20FN3O2. The summed E-state index contributed by atoms with van der Waals surface area (Å²) in [6.45, 7) is 3.88. The van der Waals surface area contributed by atoms with Crippen LogP contribution in [0, 0.1) is 12.7 Å². The van der Waals surface area contributed by atoms with Gasteiger partial charge in [-0.25, -0.2) is 9.07 Å². The standard InChI is InChI=1S/C20H20FN3O2/c1-4-16-13(2)19(24(23-16)14-9-6-5-7-10-14)22-20(25)18-15(21)11-8-12-17(18)26-3/h5-12H,4H2,1-3H3,(H,22,25). The number of benzene rings is 2. The van der Waals surface area contributed by atoms with E-state index in [2.05, 4.69) is 10.4 Å². The molecule has 0 aliphatic rings. The van der Waals surface area contributed by atoms with Crippen LogP contribution in [0.2, 0.25) is 0 Å². The summed E-state index contributed by atoms with van der Waals surface area (Å²) in [5.41, 5.74) is 2.39. The number of halogens is 1. The molecule has 1 aromatic heterocycles. The molecule has 134 valence electrons. The Kier molecular flexibility index (Phi) is 5.02. The van der Waals surface area contributed by atoms with Crippen LogP contribution in [0.5, 0.6) is 5.75 Å². The van der Waals surface area contributed by atoms with Crippen LogP contribution in [-0.2, 0) is 6.42 Å². The Morgan fingerprint density at radius 1 is 1.19 bits per heavy atom. The van der Waals surface area contributed by atoms with Gasteiger partial charge in [0.15, 0.2) is 0 Å². The van der Waals surface area contributed by atoms with E-state index in [4.69, 9.17) is 4.74 Å². The quantitative estimate of drug-likeness (QED) is 0.750. The van der Waals surface area contributed by atoms with E-state index >= 15 is 0 Å². The van der Waals surface area contributed by atoms with Crippen molar-refractivity contribution in [3.8, 4) is 11.4 Å². The predicted octanol–water partition coefficient (Wildman–Crippen LogP) is 4.14. The van der Waals surface area contributed by atoms with Gasteiger partial charge in [-0.2, -0.15) is 5.10 Å². The maximum absolute atomic E-state index is 14.2. The zero-order chi connectivity index (χ0) is 18.7. The van der Waals surface area contributed by atoms with Crippen molar-refractivity contribution in [2.24, 2.45) is 0 Å². The molecule has 0 saturated carbocycles. The number of nitrogens with one attached hydrogen (secondary N) is 1. The molecule has 3 aromatic rings. The molecule has 0 spiro atoms. The van der Waals surface area contributed by atoms with Crippen molar-refractivity contribution < 1.29 is 13.9 Å². The van der Waals surface area contributed by atoms with Gasteiger partial charge in [0.1, 0.15) is 22.9 Å². The highest BCUT2D eigenvalue weighted by Gasteiger charge is 2.22. The van der Waals surface area contributed by atoms with Crippen molar-refractivity contribution in [3.05, 3.63) is 71.2 Å². The first-order valence-corrected chi connectivity index (χ1v) is 8.34. The molecule has 6 heteroatoms. The number of nitrogens with zero attached hydrogens (tertiary/aromatic N) is 2. The van der Waals surface area contributed by atoms with Crippen molar-refractivity contribution in [1.29, 1.82) is 0 Å². The molecule has 0 fully saturated rings. The van der Waals surface area contributed by atoms with Gasteiger partial charge in [0, 0.05) is 5.56 Å². The molecule has 0 aliphatic heterocycles.